The number of nitrogens with one attached hydrogen (secondary N) is 1. The summed E-state index contributed by atoms with van der Waals surface area (Å²) >= 11 is 0. The average Bonchev–Trinajstić information content (AvgIpc) is 2.79. The third-order valence-electron chi connectivity index (χ3n) is 4.13. The van der Waals surface area contributed by atoms with Crippen molar-refractivity contribution in [3.8, 4) is 0 Å². The lowest BCUT2D eigenvalue weighted by Crippen LogP contribution is -2.38. The Morgan fingerprint density at radius 1 is 1.26 bits per heavy atom. The Labute approximate surface area is 114 Å². The monoisotopic (exact) mass is 280 g/mol. The van der Waals surface area contributed by atoms with Crippen LogP contribution in [0.2, 0.25) is 0 Å². The molecule has 0 aromatic heterocycles. The van der Waals surface area contributed by atoms with Crippen LogP contribution in [0.5, 0.6) is 0 Å². The van der Waals surface area contributed by atoms with E-state index in [0.717, 1.165) is 25.1 Å². The maximum absolute atomic E-state index is 12.1. The predicted octanol–water partition coefficient (Wildman–Crippen LogP) is 1.20. The van der Waals surface area contributed by atoms with Crippen LogP contribution >= 0.6 is 0 Å². The van der Waals surface area contributed by atoms with Gasteiger partial charge in [0, 0.05) is 18.6 Å². The summed E-state index contributed by atoms with van der Waals surface area (Å²) in [6.45, 7) is 2.16. The highest BCUT2D eigenvalue weighted by Crippen LogP contribution is 2.32. The quantitative estimate of drug-likeness (QED) is 0.884. The van der Waals surface area contributed by atoms with Crippen LogP contribution in [-0.4, -0.2) is 45.2 Å². The van der Waals surface area contributed by atoms with Crippen molar-refractivity contribution >= 4 is 9.84 Å². The largest absolute Gasteiger partial charge is 0.306 e. The van der Waals surface area contributed by atoms with E-state index in [1.54, 1.807) is 6.07 Å². The van der Waals surface area contributed by atoms with E-state index in [4.69, 9.17) is 0 Å². The van der Waals surface area contributed by atoms with Gasteiger partial charge in [0.15, 0.2) is 9.84 Å². The Kier molecular flexibility index (Phi) is 3.37. The first-order valence-corrected chi connectivity index (χ1v) is 8.48. The van der Waals surface area contributed by atoms with Gasteiger partial charge in [-0.15, -0.1) is 0 Å². The van der Waals surface area contributed by atoms with Gasteiger partial charge in [0.05, 0.1) is 10.6 Å². The van der Waals surface area contributed by atoms with E-state index in [0.29, 0.717) is 17.4 Å². The second kappa shape index (κ2) is 4.89. The highest BCUT2D eigenvalue weighted by atomic mass is 32.2. The third-order valence-corrected chi connectivity index (χ3v) is 5.95. The lowest BCUT2D eigenvalue weighted by Gasteiger charge is -2.29. The number of hydrogen-bond donors (Lipinski definition) is 1. The molecule has 2 aliphatic rings. The van der Waals surface area contributed by atoms with Gasteiger partial charge in [-0.25, -0.2) is 8.42 Å². The van der Waals surface area contributed by atoms with Crippen molar-refractivity contribution in [2.24, 2.45) is 0 Å². The van der Waals surface area contributed by atoms with Crippen molar-refractivity contribution in [3.63, 3.8) is 0 Å². The van der Waals surface area contributed by atoms with Crippen molar-refractivity contribution < 1.29 is 8.42 Å². The number of likely N-dealkylation sites (N-methyl/N-ethyl adjacent to an activating group) is 1. The highest BCUT2D eigenvalue weighted by Gasteiger charge is 2.32. The molecule has 1 aromatic rings. The van der Waals surface area contributed by atoms with Crippen LogP contribution in [0, 0.1) is 0 Å². The number of nitrogens with zero attached hydrogens (tertiary/aromatic N) is 1. The molecule has 1 N–H and O–H groups in total. The van der Waals surface area contributed by atoms with E-state index < -0.39 is 9.84 Å². The van der Waals surface area contributed by atoms with Crippen LogP contribution in [0.3, 0.4) is 0 Å². The smallest absolute Gasteiger partial charge is 0.178 e. The zero-order valence-corrected chi connectivity index (χ0v) is 12.0. The van der Waals surface area contributed by atoms with Gasteiger partial charge in [0.1, 0.15) is 0 Å². The molecule has 0 spiro atoms. The molecule has 0 saturated carbocycles. The molecule has 104 valence electrons. The van der Waals surface area contributed by atoms with Crippen molar-refractivity contribution in [1.82, 2.24) is 10.2 Å². The summed E-state index contributed by atoms with van der Waals surface area (Å²) in [5.74, 6) is 0.254. The Balaban J connectivity index is 1.85. The molecule has 1 saturated heterocycles. The number of likely N-dealkylation sites (tertiary alicyclic amines) is 1. The van der Waals surface area contributed by atoms with Crippen molar-refractivity contribution in [1.29, 1.82) is 0 Å². The maximum Gasteiger partial charge on any atom is 0.178 e. The van der Waals surface area contributed by atoms with Gasteiger partial charge in [0.2, 0.25) is 0 Å². The maximum atomic E-state index is 12.1. The average molecular weight is 280 g/mol. The molecule has 4 nitrogen and oxygen atoms in total. The second-order valence-electron chi connectivity index (χ2n) is 5.61. The second-order valence-corrected chi connectivity index (χ2v) is 7.69. The number of sulfone groups is 1. The van der Waals surface area contributed by atoms with Crippen LogP contribution < -0.4 is 5.32 Å². The van der Waals surface area contributed by atoms with Crippen LogP contribution in [0.15, 0.2) is 29.2 Å². The van der Waals surface area contributed by atoms with Gasteiger partial charge in [0.25, 0.3) is 0 Å². The fraction of sp³-hybridized carbons (Fsp3) is 0.571. The van der Waals surface area contributed by atoms with E-state index in [2.05, 4.69) is 17.3 Å². The van der Waals surface area contributed by atoms with E-state index >= 15 is 0 Å². The minimum absolute atomic E-state index is 0.177. The summed E-state index contributed by atoms with van der Waals surface area (Å²) in [5.41, 5.74) is 0.948. The lowest BCUT2D eigenvalue weighted by molar-refractivity contribution is 0.375. The molecule has 19 heavy (non-hydrogen) atoms. The van der Waals surface area contributed by atoms with E-state index in [-0.39, 0.29) is 11.8 Å². The topological polar surface area (TPSA) is 49.4 Å². The van der Waals surface area contributed by atoms with Crippen LogP contribution in [0.1, 0.15) is 24.4 Å². The van der Waals surface area contributed by atoms with E-state index in [9.17, 15) is 8.42 Å². The van der Waals surface area contributed by atoms with Gasteiger partial charge in [-0.05, 0) is 38.1 Å². The fourth-order valence-corrected chi connectivity index (χ4v) is 4.74. The molecular weight excluding hydrogens is 260 g/mol. The first-order valence-electron chi connectivity index (χ1n) is 6.82. The summed E-state index contributed by atoms with van der Waals surface area (Å²) in [6, 6.07) is 8.07. The number of hydrogen-bond acceptors (Lipinski definition) is 4. The van der Waals surface area contributed by atoms with Gasteiger partial charge in [-0.2, -0.15) is 0 Å². The van der Waals surface area contributed by atoms with Crippen LogP contribution in [0.4, 0.5) is 0 Å². The molecule has 2 unspecified atom stereocenters. The molecule has 0 bridgehead atoms. The van der Waals surface area contributed by atoms with Crippen LogP contribution in [0.25, 0.3) is 0 Å². The molecule has 0 aliphatic carbocycles. The summed E-state index contributed by atoms with van der Waals surface area (Å²) in [6.07, 6.45) is 1.82. The van der Waals surface area contributed by atoms with Crippen molar-refractivity contribution in [3.05, 3.63) is 29.8 Å². The number of benzene rings is 1. The Hall–Kier alpha value is -0.910. The van der Waals surface area contributed by atoms with Gasteiger partial charge in [-0.3, -0.25) is 0 Å². The highest BCUT2D eigenvalue weighted by molar-refractivity contribution is 7.91. The van der Waals surface area contributed by atoms with Gasteiger partial charge >= 0.3 is 0 Å². The van der Waals surface area contributed by atoms with Crippen LogP contribution in [-0.2, 0) is 9.84 Å². The zero-order valence-electron chi connectivity index (χ0n) is 11.2. The standard InChI is InChI=1S/C14H20N2O2S/c1-16-8-6-11(10-16)15-13-7-9-19(17,18)14-5-3-2-4-12(13)14/h2-5,11,13,15H,6-10H2,1H3. The molecule has 5 heteroatoms. The summed E-state index contributed by atoms with van der Waals surface area (Å²) in [4.78, 5) is 2.83. The molecule has 0 radical (unpaired) electrons. The lowest BCUT2D eigenvalue weighted by atomic mass is 10.0. The number of fused-ring (bicyclic) bond motifs is 1. The Bertz CT molecular complexity index is 571. The molecule has 0 amide bonds. The first-order chi connectivity index (χ1) is 9.06. The molecule has 1 fully saturated rings. The number of rotatable bonds is 2. The minimum atomic E-state index is -3.07. The normalized spacial score (nSPS) is 30.2. The van der Waals surface area contributed by atoms with Crippen molar-refractivity contribution in [2.45, 2.75) is 29.8 Å². The van der Waals surface area contributed by atoms with Gasteiger partial charge in [-0.1, -0.05) is 18.2 Å². The molecule has 1 aromatic carbocycles. The fourth-order valence-electron chi connectivity index (χ4n) is 3.12. The first kappa shape index (κ1) is 13.1. The molecule has 3 rings (SSSR count). The molecule has 2 atom stereocenters. The van der Waals surface area contributed by atoms with Crippen molar-refractivity contribution in [2.75, 3.05) is 25.9 Å². The van der Waals surface area contributed by atoms with Gasteiger partial charge < -0.3 is 10.2 Å². The summed E-state index contributed by atoms with van der Waals surface area (Å²) in [7, 11) is -0.944. The summed E-state index contributed by atoms with van der Waals surface area (Å²) in [5, 5.41) is 3.64. The Morgan fingerprint density at radius 3 is 2.79 bits per heavy atom. The molecule has 2 heterocycles. The Morgan fingerprint density at radius 2 is 2.05 bits per heavy atom. The zero-order chi connectivity index (χ0) is 13.5. The minimum Gasteiger partial charge on any atom is -0.306 e. The summed E-state index contributed by atoms with van der Waals surface area (Å²) < 4.78 is 24.1. The molecule has 2 aliphatic heterocycles. The van der Waals surface area contributed by atoms with E-state index in [1.807, 2.05) is 18.2 Å². The SMILES string of the molecule is CN1CCC(NC2CCS(=O)(=O)c3ccccc32)C1. The molecular formula is C14H20N2O2S. The van der Waals surface area contributed by atoms with E-state index in [1.165, 1.54) is 0 Å². The predicted molar refractivity (Wildman–Crippen MR) is 74.9 cm³/mol. The third kappa shape index (κ3) is 2.55.